The SMILES string of the molecule is Cc1ccc([C@H](C2CCCCC2)N2CCNCC2)c(O)c1F.Cl.Cl. The summed E-state index contributed by atoms with van der Waals surface area (Å²) in [6.45, 7) is 5.59. The van der Waals surface area contributed by atoms with Crippen molar-refractivity contribution < 1.29 is 9.50 Å². The Bertz CT molecular complexity index is 500. The van der Waals surface area contributed by atoms with Crippen LogP contribution in [0.5, 0.6) is 5.75 Å². The fraction of sp³-hybridized carbons (Fsp3) is 0.667. The van der Waals surface area contributed by atoms with Gasteiger partial charge in [-0.2, -0.15) is 0 Å². The number of phenolic OH excluding ortho intramolecular Hbond substituents is 1. The van der Waals surface area contributed by atoms with Crippen molar-refractivity contribution >= 4 is 24.8 Å². The molecular weight excluding hydrogens is 350 g/mol. The number of rotatable bonds is 3. The highest BCUT2D eigenvalue weighted by atomic mass is 35.5. The van der Waals surface area contributed by atoms with Gasteiger partial charge >= 0.3 is 0 Å². The molecular formula is C18H29Cl2FN2O. The monoisotopic (exact) mass is 378 g/mol. The van der Waals surface area contributed by atoms with Gasteiger partial charge in [-0.25, -0.2) is 4.39 Å². The quantitative estimate of drug-likeness (QED) is 0.826. The zero-order valence-electron chi connectivity index (χ0n) is 14.3. The molecule has 1 aromatic carbocycles. The predicted octanol–water partition coefficient (Wildman–Crippen LogP) is 4.21. The van der Waals surface area contributed by atoms with Crippen LogP contribution in [0.2, 0.25) is 0 Å². The molecule has 0 radical (unpaired) electrons. The third-order valence-corrected chi connectivity index (χ3v) is 5.30. The molecule has 138 valence electrons. The van der Waals surface area contributed by atoms with Crippen LogP contribution in [0.1, 0.15) is 49.3 Å². The van der Waals surface area contributed by atoms with Gasteiger partial charge in [-0.1, -0.05) is 31.4 Å². The fourth-order valence-electron chi connectivity index (χ4n) is 4.08. The minimum absolute atomic E-state index is 0. The molecule has 3 rings (SSSR count). The molecule has 24 heavy (non-hydrogen) atoms. The molecule has 1 saturated heterocycles. The van der Waals surface area contributed by atoms with Gasteiger partial charge in [0.25, 0.3) is 0 Å². The summed E-state index contributed by atoms with van der Waals surface area (Å²) in [6.07, 6.45) is 6.18. The number of hydrogen-bond donors (Lipinski definition) is 2. The Morgan fingerprint density at radius 1 is 1.12 bits per heavy atom. The summed E-state index contributed by atoms with van der Waals surface area (Å²) in [5.74, 6) is -0.0533. The van der Waals surface area contributed by atoms with Gasteiger partial charge in [0.15, 0.2) is 11.6 Å². The number of nitrogens with zero attached hydrogens (tertiary/aromatic N) is 1. The van der Waals surface area contributed by atoms with Crippen molar-refractivity contribution in [2.24, 2.45) is 5.92 Å². The number of benzene rings is 1. The van der Waals surface area contributed by atoms with Gasteiger partial charge in [0.2, 0.25) is 0 Å². The normalized spacial score (nSPS) is 20.8. The molecule has 2 aliphatic rings. The van der Waals surface area contributed by atoms with Crippen molar-refractivity contribution in [2.75, 3.05) is 26.2 Å². The van der Waals surface area contributed by atoms with Crippen molar-refractivity contribution in [2.45, 2.75) is 45.1 Å². The second-order valence-corrected chi connectivity index (χ2v) is 6.76. The van der Waals surface area contributed by atoms with Crippen molar-refractivity contribution in [1.29, 1.82) is 0 Å². The molecule has 3 nitrogen and oxygen atoms in total. The zero-order valence-corrected chi connectivity index (χ0v) is 15.9. The molecule has 1 aliphatic carbocycles. The van der Waals surface area contributed by atoms with E-state index in [-0.39, 0.29) is 36.6 Å². The van der Waals surface area contributed by atoms with E-state index in [0.29, 0.717) is 11.5 Å². The highest BCUT2D eigenvalue weighted by Gasteiger charge is 2.33. The van der Waals surface area contributed by atoms with Crippen LogP contribution in [-0.4, -0.2) is 36.2 Å². The average Bonchev–Trinajstić information content (AvgIpc) is 2.57. The molecule has 1 aromatic rings. The number of piperazine rings is 1. The van der Waals surface area contributed by atoms with Crippen LogP contribution in [0.4, 0.5) is 4.39 Å². The first-order valence-corrected chi connectivity index (χ1v) is 8.61. The lowest BCUT2D eigenvalue weighted by Gasteiger charge is -2.41. The highest BCUT2D eigenvalue weighted by Crippen LogP contribution is 2.42. The standard InChI is InChI=1S/C18H27FN2O.2ClH/c1-13-7-8-15(18(22)16(13)19)17(14-5-3-2-4-6-14)21-11-9-20-10-12-21;;/h7-8,14,17,20,22H,2-6,9-12H2,1H3;2*1H/t17-;;/m0../s1. The smallest absolute Gasteiger partial charge is 0.168 e. The molecule has 0 amide bonds. The Morgan fingerprint density at radius 2 is 1.75 bits per heavy atom. The van der Waals surface area contributed by atoms with Crippen LogP contribution in [0, 0.1) is 18.7 Å². The maximum Gasteiger partial charge on any atom is 0.168 e. The van der Waals surface area contributed by atoms with Crippen molar-refractivity contribution in [3.63, 3.8) is 0 Å². The van der Waals surface area contributed by atoms with Gasteiger partial charge in [0.1, 0.15) is 0 Å². The summed E-state index contributed by atoms with van der Waals surface area (Å²) in [6, 6.07) is 3.90. The number of phenols is 1. The Labute approximate surface area is 156 Å². The maximum atomic E-state index is 14.2. The molecule has 1 heterocycles. The molecule has 2 fully saturated rings. The second kappa shape index (κ2) is 9.81. The van der Waals surface area contributed by atoms with E-state index in [9.17, 15) is 9.50 Å². The summed E-state index contributed by atoms with van der Waals surface area (Å²) in [7, 11) is 0. The molecule has 1 aliphatic heterocycles. The number of aromatic hydroxyl groups is 1. The third-order valence-electron chi connectivity index (χ3n) is 5.30. The first-order valence-electron chi connectivity index (χ1n) is 8.61. The third kappa shape index (κ3) is 4.54. The zero-order chi connectivity index (χ0) is 15.5. The van der Waals surface area contributed by atoms with Crippen LogP contribution < -0.4 is 5.32 Å². The average molecular weight is 379 g/mol. The van der Waals surface area contributed by atoms with E-state index in [0.717, 1.165) is 31.7 Å². The molecule has 2 N–H and O–H groups in total. The van der Waals surface area contributed by atoms with Crippen LogP contribution in [0.15, 0.2) is 12.1 Å². The largest absolute Gasteiger partial charge is 0.505 e. The summed E-state index contributed by atoms with van der Waals surface area (Å²) in [5.41, 5.74) is 1.31. The van der Waals surface area contributed by atoms with Gasteiger partial charge in [-0.05, 0) is 31.2 Å². The van der Waals surface area contributed by atoms with Crippen molar-refractivity contribution in [3.05, 3.63) is 29.1 Å². The van der Waals surface area contributed by atoms with Gasteiger partial charge in [0, 0.05) is 37.8 Å². The molecule has 0 unspecified atom stereocenters. The summed E-state index contributed by atoms with van der Waals surface area (Å²) >= 11 is 0. The summed E-state index contributed by atoms with van der Waals surface area (Å²) in [4.78, 5) is 2.44. The van der Waals surface area contributed by atoms with Crippen LogP contribution in [0.3, 0.4) is 0 Å². The maximum absolute atomic E-state index is 14.2. The first kappa shape index (κ1) is 21.5. The van der Waals surface area contributed by atoms with E-state index in [2.05, 4.69) is 10.2 Å². The van der Waals surface area contributed by atoms with E-state index >= 15 is 0 Å². The van der Waals surface area contributed by atoms with Crippen LogP contribution in [0.25, 0.3) is 0 Å². The lowest BCUT2D eigenvalue weighted by atomic mass is 9.79. The topological polar surface area (TPSA) is 35.5 Å². The summed E-state index contributed by atoms with van der Waals surface area (Å²) in [5, 5.41) is 13.8. The minimum atomic E-state index is -0.451. The number of hydrogen-bond acceptors (Lipinski definition) is 3. The van der Waals surface area contributed by atoms with Crippen molar-refractivity contribution in [1.82, 2.24) is 10.2 Å². The van der Waals surface area contributed by atoms with E-state index in [4.69, 9.17) is 0 Å². The number of nitrogens with one attached hydrogen (secondary N) is 1. The lowest BCUT2D eigenvalue weighted by molar-refractivity contribution is 0.101. The predicted molar refractivity (Wildman–Crippen MR) is 101 cm³/mol. The molecule has 1 atom stereocenters. The van der Waals surface area contributed by atoms with E-state index in [1.165, 1.54) is 32.1 Å². The molecule has 1 saturated carbocycles. The van der Waals surface area contributed by atoms with Gasteiger partial charge in [0.05, 0.1) is 0 Å². The Kier molecular flexibility index (Phi) is 8.78. The molecule has 0 bridgehead atoms. The minimum Gasteiger partial charge on any atom is -0.505 e. The molecule has 6 heteroatoms. The number of halogens is 3. The van der Waals surface area contributed by atoms with E-state index in [1.54, 1.807) is 6.92 Å². The summed E-state index contributed by atoms with van der Waals surface area (Å²) < 4.78 is 14.2. The Morgan fingerprint density at radius 3 is 2.38 bits per heavy atom. The Balaban J connectivity index is 0.00000144. The van der Waals surface area contributed by atoms with E-state index in [1.807, 2.05) is 12.1 Å². The Hall–Kier alpha value is -0.550. The van der Waals surface area contributed by atoms with Crippen LogP contribution in [-0.2, 0) is 0 Å². The van der Waals surface area contributed by atoms with Crippen LogP contribution >= 0.6 is 24.8 Å². The first-order chi connectivity index (χ1) is 10.7. The van der Waals surface area contributed by atoms with Crippen molar-refractivity contribution in [3.8, 4) is 5.75 Å². The van der Waals surface area contributed by atoms with E-state index < -0.39 is 5.82 Å². The van der Waals surface area contributed by atoms with Gasteiger partial charge in [-0.15, -0.1) is 24.8 Å². The molecule has 0 aromatic heterocycles. The highest BCUT2D eigenvalue weighted by molar-refractivity contribution is 5.85. The molecule has 0 spiro atoms. The van der Waals surface area contributed by atoms with Gasteiger partial charge < -0.3 is 10.4 Å². The second-order valence-electron chi connectivity index (χ2n) is 6.76. The lowest BCUT2D eigenvalue weighted by Crippen LogP contribution is -2.47. The fourth-order valence-corrected chi connectivity index (χ4v) is 4.08. The van der Waals surface area contributed by atoms with Gasteiger partial charge in [-0.3, -0.25) is 4.90 Å². The number of aryl methyl sites for hydroxylation is 1.